The molecule has 0 heterocycles. The van der Waals surface area contributed by atoms with Gasteiger partial charge in [-0.1, -0.05) is 11.6 Å². The molecule has 2 rings (SSSR count). The van der Waals surface area contributed by atoms with Gasteiger partial charge in [0.2, 0.25) is 0 Å². The quantitative estimate of drug-likeness (QED) is 0.868. The summed E-state index contributed by atoms with van der Waals surface area (Å²) in [5.74, 6) is 1.04. The first kappa shape index (κ1) is 17.4. The third kappa shape index (κ3) is 4.31. The molecule has 0 aromatic heterocycles. The van der Waals surface area contributed by atoms with Crippen molar-refractivity contribution in [3.05, 3.63) is 47.0 Å². The number of nitriles is 1. The summed E-state index contributed by atoms with van der Waals surface area (Å²) in [5, 5.41) is 11.7. The molecule has 1 N–H and O–H groups in total. The van der Waals surface area contributed by atoms with Gasteiger partial charge in [0.15, 0.2) is 6.61 Å². The molecule has 7 heteroatoms. The Hall–Kier alpha value is -2.91. The van der Waals surface area contributed by atoms with Crippen molar-refractivity contribution >= 4 is 23.2 Å². The van der Waals surface area contributed by atoms with Crippen molar-refractivity contribution in [2.75, 3.05) is 26.1 Å². The number of carbonyl (C=O) groups excluding carboxylic acids is 1. The number of rotatable bonds is 6. The van der Waals surface area contributed by atoms with Gasteiger partial charge in [0.1, 0.15) is 17.2 Å². The van der Waals surface area contributed by atoms with E-state index in [1.807, 2.05) is 6.07 Å². The van der Waals surface area contributed by atoms with E-state index in [9.17, 15) is 4.79 Å². The van der Waals surface area contributed by atoms with E-state index in [-0.39, 0.29) is 17.5 Å². The third-order valence-electron chi connectivity index (χ3n) is 3.10. The van der Waals surface area contributed by atoms with Crippen LogP contribution in [0.15, 0.2) is 36.4 Å². The number of methoxy groups -OCH3 is 2. The molecule has 0 radical (unpaired) electrons. The van der Waals surface area contributed by atoms with Gasteiger partial charge in [-0.05, 0) is 30.3 Å². The number of amides is 1. The lowest BCUT2D eigenvalue weighted by Gasteiger charge is -2.12. The Morgan fingerprint density at radius 3 is 2.58 bits per heavy atom. The van der Waals surface area contributed by atoms with Gasteiger partial charge in [-0.25, -0.2) is 0 Å². The van der Waals surface area contributed by atoms with E-state index in [1.165, 1.54) is 13.2 Å². The van der Waals surface area contributed by atoms with E-state index in [0.29, 0.717) is 28.5 Å². The minimum absolute atomic E-state index is 0.235. The molecule has 0 saturated carbocycles. The van der Waals surface area contributed by atoms with Crippen molar-refractivity contribution in [2.45, 2.75) is 0 Å². The van der Waals surface area contributed by atoms with Crippen molar-refractivity contribution in [3.8, 4) is 23.3 Å². The maximum atomic E-state index is 12.0. The van der Waals surface area contributed by atoms with E-state index in [2.05, 4.69) is 5.32 Å². The number of hydrogen-bond donors (Lipinski definition) is 1. The molecule has 0 spiro atoms. The Labute approximate surface area is 144 Å². The SMILES string of the molecule is COc1ccc(NC(=O)COc2ccc(C#N)cc2Cl)c(OC)c1. The summed E-state index contributed by atoms with van der Waals surface area (Å²) in [5.41, 5.74) is 0.914. The average Bonchev–Trinajstić information content (AvgIpc) is 2.60. The molecule has 124 valence electrons. The van der Waals surface area contributed by atoms with Crippen LogP contribution in [0.3, 0.4) is 0 Å². The van der Waals surface area contributed by atoms with Crippen LogP contribution >= 0.6 is 11.6 Å². The maximum Gasteiger partial charge on any atom is 0.262 e. The second-order valence-corrected chi connectivity index (χ2v) is 5.07. The third-order valence-corrected chi connectivity index (χ3v) is 3.40. The highest BCUT2D eigenvalue weighted by Crippen LogP contribution is 2.29. The minimum Gasteiger partial charge on any atom is -0.497 e. The minimum atomic E-state index is -0.376. The van der Waals surface area contributed by atoms with Crippen LogP contribution < -0.4 is 19.5 Å². The summed E-state index contributed by atoms with van der Waals surface area (Å²) < 4.78 is 15.7. The molecule has 0 bridgehead atoms. The Balaban J connectivity index is 2.00. The summed E-state index contributed by atoms with van der Waals surface area (Å²) in [6, 6.07) is 11.6. The monoisotopic (exact) mass is 346 g/mol. The molecule has 6 nitrogen and oxygen atoms in total. The van der Waals surface area contributed by atoms with Crippen LogP contribution in [0.5, 0.6) is 17.2 Å². The average molecular weight is 347 g/mol. The summed E-state index contributed by atoms with van der Waals surface area (Å²) >= 11 is 5.99. The normalized spacial score (nSPS) is 9.75. The lowest BCUT2D eigenvalue weighted by molar-refractivity contribution is -0.118. The summed E-state index contributed by atoms with van der Waals surface area (Å²) in [6.45, 7) is -0.235. The molecule has 2 aromatic rings. The Morgan fingerprint density at radius 1 is 1.17 bits per heavy atom. The summed E-state index contributed by atoms with van der Waals surface area (Å²) in [6.07, 6.45) is 0. The first-order chi connectivity index (χ1) is 11.6. The van der Waals surface area contributed by atoms with E-state index in [0.717, 1.165) is 0 Å². The van der Waals surface area contributed by atoms with Gasteiger partial charge >= 0.3 is 0 Å². The van der Waals surface area contributed by atoms with Crippen molar-refractivity contribution in [2.24, 2.45) is 0 Å². The summed E-state index contributed by atoms with van der Waals surface area (Å²) in [4.78, 5) is 12.0. The first-order valence-corrected chi connectivity index (χ1v) is 7.29. The molecule has 0 aliphatic rings. The number of nitrogens with one attached hydrogen (secondary N) is 1. The second-order valence-electron chi connectivity index (χ2n) is 4.66. The van der Waals surface area contributed by atoms with Crippen LogP contribution in [0.2, 0.25) is 5.02 Å². The van der Waals surface area contributed by atoms with Crippen LogP contribution in [-0.4, -0.2) is 26.7 Å². The fourth-order valence-corrected chi connectivity index (χ4v) is 2.15. The van der Waals surface area contributed by atoms with Gasteiger partial charge in [-0.15, -0.1) is 0 Å². The molecule has 0 fully saturated rings. The maximum absolute atomic E-state index is 12.0. The van der Waals surface area contributed by atoms with E-state index in [4.69, 9.17) is 31.1 Å². The zero-order valence-electron chi connectivity index (χ0n) is 13.1. The molecule has 1 amide bonds. The van der Waals surface area contributed by atoms with E-state index >= 15 is 0 Å². The van der Waals surface area contributed by atoms with Gasteiger partial charge in [0.05, 0.1) is 36.6 Å². The predicted octanol–water partition coefficient (Wildman–Crippen LogP) is 3.25. The van der Waals surface area contributed by atoms with Crippen LogP contribution in [0.4, 0.5) is 5.69 Å². The number of ether oxygens (including phenoxy) is 3. The predicted molar refractivity (Wildman–Crippen MR) is 89.8 cm³/mol. The van der Waals surface area contributed by atoms with Crippen LogP contribution in [0, 0.1) is 11.3 Å². The highest BCUT2D eigenvalue weighted by molar-refractivity contribution is 6.32. The largest absolute Gasteiger partial charge is 0.497 e. The van der Waals surface area contributed by atoms with Gasteiger partial charge in [0.25, 0.3) is 5.91 Å². The van der Waals surface area contributed by atoms with Gasteiger partial charge in [-0.2, -0.15) is 5.26 Å². The molecular weight excluding hydrogens is 332 g/mol. The number of carbonyl (C=O) groups is 1. The molecule has 0 atom stereocenters. The van der Waals surface area contributed by atoms with Gasteiger partial charge in [0, 0.05) is 6.07 Å². The number of halogens is 1. The topological polar surface area (TPSA) is 80.6 Å². The standard InChI is InChI=1S/C17H15ClN2O4/c1-22-12-4-5-14(16(8-12)23-2)20-17(21)10-24-15-6-3-11(9-19)7-13(15)18/h3-8H,10H2,1-2H3,(H,20,21). The van der Waals surface area contributed by atoms with Crippen molar-refractivity contribution in [1.82, 2.24) is 0 Å². The Kier molecular flexibility index (Phi) is 5.88. The number of nitrogens with zero attached hydrogens (tertiary/aromatic N) is 1. The van der Waals surface area contributed by atoms with E-state index < -0.39 is 0 Å². The van der Waals surface area contributed by atoms with Gasteiger partial charge in [-0.3, -0.25) is 4.79 Å². The Morgan fingerprint density at radius 2 is 1.96 bits per heavy atom. The highest BCUT2D eigenvalue weighted by Gasteiger charge is 2.11. The number of benzene rings is 2. The number of hydrogen-bond acceptors (Lipinski definition) is 5. The molecule has 0 aliphatic heterocycles. The molecule has 24 heavy (non-hydrogen) atoms. The Bertz CT molecular complexity index is 787. The smallest absolute Gasteiger partial charge is 0.262 e. The fourth-order valence-electron chi connectivity index (χ4n) is 1.92. The van der Waals surface area contributed by atoms with Crippen LogP contribution in [0.25, 0.3) is 0 Å². The molecule has 0 aliphatic carbocycles. The zero-order chi connectivity index (χ0) is 17.5. The fraction of sp³-hybridized carbons (Fsp3) is 0.176. The van der Waals surface area contributed by atoms with Crippen LogP contribution in [-0.2, 0) is 4.79 Å². The lowest BCUT2D eigenvalue weighted by atomic mass is 10.2. The molecular formula is C17H15ClN2O4. The summed E-state index contributed by atoms with van der Waals surface area (Å²) in [7, 11) is 3.04. The second kappa shape index (κ2) is 8.09. The molecule has 0 saturated heterocycles. The van der Waals surface area contributed by atoms with Crippen molar-refractivity contribution in [3.63, 3.8) is 0 Å². The lowest BCUT2D eigenvalue weighted by Crippen LogP contribution is -2.20. The van der Waals surface area contributed by atoms with Crippen molar-refractivity contribution < 1.29 is 19.0 Å². The zero-order valence-corrected chi connectivity index (χ0v) is 13.9. The molecule has 0 unspecified atom stereocenters. The number of anilines is 1. The van der Waals surface area contributed by atoms with Crippen molar-refractivity contribution in [1.29, 1.82) is 5.26 Å². The van der Waals surface area contributed by atoms with Crippen LogP contribution in [0.1, 0.15) is 5.56 Å². The highest BCUT2D eigenvalue weighted by atomic mass is 35.5. The first-order valence-electron chi connectivity index (χ1n) is 6.91. The van der Waals surface area contributed by atoms with E-state index in [1.54, 1.807) is 37.4 Å². The molecule has 2 aromatic carbocycles. The van der Waals surface area contributed by atoms with Gasteiger partial charge < -0.3 is 19.5 Å².